The van der Waals surface area contributed by atoms with E-state index in [1.165, 1.54) is 13.2 Å². The Balaban J connectivity index is 2.02. The average molecular weight is 415 g/mol. The number of quaternary nitrogens is 1. The van der Waals surface area contributed by atoms with Crippen molar-refractivity contribution in [2.24, 2.45) is 0 Å². The van der Waals surface area contributed by atoms with Crippen LogP contribution in [0.25, 0.3) is 0 Å². The minimum atomic E-state index is -0.521. The van der Waals surface area contributed by atoms with Gasteiger partial charge in [0.15, 0.2) is 13.1 Å². The summed E-state index contributed by atoms with van der Waals surface area (Å²) in [4.78, 5) is 36.4. The fraction of sp³-hybridized carbons (Fsp3) is 0.333. The number of ether oxygens (including phenoxy) is 1. The molecular weight excluding hydrogens is 388 g/mol. The Morgan fingerprint density at radius 2 is 1.60 bits per heavy atom. The topological polar surface area (TPSA) is 115 Å². The molecule has 0 radical (unpaired) electrons. The lowest BCUT2D eigenvalue weighted by Crippen LogP contribution is -3.13. The van der Waals surface area contributed by atoms with Crippen LogP contribution in [0, 0.1) is 24.0 Å². The van der Waals surface area contributed by atoms with Gasteiger partial charge in [-0.15, -0.1) is 0 Å². The Kier molecular flexibility index (Phi) is 7.88. The molecule has 0 aromatic heterocycles. The molecule has 0 aliphatic rings. The van der Waals surface area contributed by atoms with E-state index in [1.807, 2.05) is 13.8 Å². The van der Waals surface area contributed by atoms with E-state index in [2.05, 4.69) is 10.6 Å². The Morgan fingerprint density at radius 1 is 1.03 bits per heavy atom. The second-order valence-corrected chi connectivity index (χ2v) is 6.96. The molecular formula is C21H27N4O5+. The van der Waals surface area contributed by atoms with Crippen molar-refractivity contribution in [2.75, 3.05) is 37.4 Å². The van der Waals surface area contributed by atoms with Crippen LogP contribution < -0.4 is 20.3 Å². The molecule has 0 fully saturated rings. The number of nitro benzene ring substituents is 1. The zero-order valence-electron chi connectivity index (χ0n) is 17.6. The van der Waals surface area contributed by atoms with Crippen molar-refractivity contribution >= 4 is 28.9 Å². The summed E-state index contributed by atoms with van der Waals surface area (Å²) in [6.07, 6.45) is 0. The number of likely N-dealkylation sites (N-methyl/N-ethyl adjacent to an activating group) is 1. The highest BCUT2D eigenvalue weighted by atomic mass is 16.6. The summed E-state index contributed by atoms with van der Waals surface area (Å²) in [5.74, 6) is -0.117. The van der Waals surface area contributed by atoms with Gasteiger partial charge in [-0.05, 0) is 50.1 Å². The van der Waals surface area contributed by atoms with Crippen LogP contribution in [-0.4, -0.2) is 43.5 Å². The van der Waals surface area contributed by atoms with Crippen LogP contribution in [-0.2, 0) is 9.59 Å². The first-order valence-corrected chi connectivity index (χ1v) is 9.57. The maximum atomic E-state index is 12.5. The number of carbonyl (C=O) groups is 2. The number of hydrogen-bond donors (Lipinski definition) is 3. The van der Waals surface area contributed by atoms with Gasteiger partial charge in [-0.1, -0.05) is 12.1 Å². The fourth-order valence-electron chi connectivity index (χ4n) is 2.96. The van der Waals surface area contributed by atoms with E-state index in [9.17, 15) is 19.7 Å². The number of para-hydroxylation sites is 2. The van der Waals surface area contributed by atoms with E-state index in [0.717, 1.165) is 11.1 Å². The molecule has 160 valence electrons. The van der Waals surface area contributed by atoms with E-state index < -0.39 is 10.8 Å². The number of methoxy groups -OCH3 is 1. The summed E-state index contributed by atoms with van der Waals surface area (Å²) in [6, 6.07) is 10.1. The first-order chi connectivity index (χ1) is 14.2. The van der Waals surface area contributed by atoms with Crippen molar-refractivity contribution in [2.45, 2.75) is 20.8 Å². The predicted molar refractivity (Wildman–Crippen MR) is 114 cm³/mol. The molecule has 0 bridgehead atoms. The van der Waals surface area contributed by atoms with Crippen molar-refractivity contribution in [3.05, 3.63) is 57.6 Å². The summed E-state index contributed by atoms with van der Waals surface area (Å²) in [7, 11) is 1.52. The van der Waals surface area contributed by atoms with Gasteiger partial charge in [0.1, 0.15) is 11.4 Å². The number of benzene rings is 2. The van der Waals surface area contributed by atoms with Gasteiger partial charge >= 0.3 is 0 Å². The van der Waals surface area contributed by atoms with Crippen molar-refractivity contribution in [1.29, 1.82) is 0 Å². The Morgan fingerprint density at radius 3 is 2.17 bits per heavy atom. The number of nitro groups is 1. The summed E-state index contributed by atoms with van der Waals surface area (Å²) in [5.41, 5.74) is 2.16. The Bertz CT molecular complexity index is 945. The monoisotopic (exact) mass is 415 g/mol. The summed E-state index contributed by atoms with van der Waals surface area (Å²) < 4.78 is 5.22. The van der Waals surface area contributed by atoms with E-state index in [-0.39, 0.29) is 30.4 Å². The molecule has 0 heterocycles. The van der Waals surface area contributed by atoms with Crippen molar-refractivity contribution in [3.8, 4) is 5.75 Å². The fourth-order valence-corrected chi connectivity index (χ4v) is 2.96. The molecule has 0 saturated carbocycles. The second kappa shape index (κ2) is 10.4. The molecule has 9 heteroatoms. The number of nitrogens with zero attached hydrogens (tertiary/aromatic N) is 1. The molecule has 2 rings (SSSR count). The van der Waals surface area contributed by atoms with Gasteiger partial charge in [0.05, 0.1) is 24.3 Å². The smallest absolute Gasteiger partial charge is 0.293 e. The Labute approximate surface area is 175 Å². The van der Waals surface area contributed by atoms with Crippen LogP contribution in [0.3, 0.4) is 0 Å². The number of anilines is 2. The normalized spacial score (nSPS) is 11.5. The highest BCUT2D eigenvalue weighted by molar-refractivity contribution is 5.95. The standard InChI is InChI=1S/C21H26N4O5/c1-5-24(12-20(26)22-16-8-6-7-9-19(16)30-4)13-21(27)23-17-10-14(2)15(3)11-18(17)25(28)29/h6-11H,5,12-13H2,1-4H3,(H,22,26)(H,23,27)/p+1. The lowest BCUT2D eigenvalue weighted by atomic mass is 10.1. The van der Waals surface area contributed by atoms with E-state index in [1.54, 1.807) is 37.3 Å². The number of nitrogens with one attached hydrogen (secondary N) is 3. The predicted octanol–water partition coefficient (Wildman–Crippen LogP) is 1.70. The third kappa shape index (κ3) is 6.02. The summed E-state index contributed by atoms with van der Waals surface area (Å²) in [5, 5.41) is 16.7. The molecule has 9 nitrogen and oxygen atoms in total. The summed E-state index contributed by atoms with van der Waals surface area (Å²) in [6.45, 7) is 6.05. The summed E-state index contributed by atoms with van der Waals surface area (Å²) >= 11 is 0. The molecule has 3 N–H and O–H groups in total. The zero-order valence-corrected chi connectivity index (χ0v) is 17.6. The van der Waals surface area contributed by atoms with Gasteiger partial charge in [-0.25, -0.2) is 0 Å². The number of rotatable bonds is 9. The molecule has 30 heavy (non-hydrogen) atoms. The van der Waals surface area contributed by atoms with Crippen LogP contribution in [0.4, 0.5) is 17.1 Å². The maximum absolute atomic E-state index is 12.5. The minimum absolute atomic E-state index is 0.0000765. The van der Waals surface area contributed by atoms with Crippen LogP contribution >= 0.6 is 0 Å². The van der Waals surface area contributed by atoms with Gasteiger partial charge in [-0.3, -0.25) is 19.7 Å². The molecule has 2 amide bonds. The number of hydrogen-bond acceptors (Lipinski definition) is 5. The van der Waals surface area contributed by atoms with Crippen LogP contribution in [0.15, 0.2) is 36.4 Å². The maximum Gasteiger partial charge on any atom is 0.293 e. The molecule has 2 aromatic carbocycles. The molecule has 0 spiro atoms. The lowest BCUT2D eigenvalue weighted by Gasteiger charge is -2.17. The van der Waals surface area contributed by atoms with E-state index in [0.29, 0.717) is 22.9 Å². The molecule has 1 unspecified atom stereocenters. The zero-order chi connectivity index (χ0) is 22.3. The molecule has 2 aromatic rings. The first-order valence-electron chi connectivity index (χ1n) is 9.57. The van der Waals surface area contributed by atoms with Gasteiger partial charge in [0.2, 0.25) is 0 Å². The van der Waals surface area contributed by atoms with Crippen LogP contribution in [0.1, 0.15) is 18.1 Å². The van der Waals surface area contributed by atoms with Crippen molar-refractivity contribution < 1.29 is 24.1 Å². The highest BCUT2D eigenvalue weighted by Crippen LogP contribution is 2.27. The lowest BCUT2D eigenvalue weighted by molar-refractivity contribution is -0.881. The third-order valence-electron chi connectivity index (χ3n) is 4.78. The minimum Gasteiger partial charge on any atom is -0.495 e. The largest absolute Gasteiger partial charge is 0.495 e. The van der Waals surface area contributed by atoms with E-state index in [4.69, 9.17) is 4.74 Å². The number of carbonyl (C=O) groups excluding carboxylic acids is 2. The second-order valence-electron chi connectivity index (χ2n) is 6.96. The Hall–Kier alpha value is -3.46. The average Bonchev–Trinajstić information content (AvgIpc) is 2.70. The molecule has 1 atom stereocenters. The van der Waals surface area contributed by atoms with Gasteiger partial charge in [0.25, 0.3) is 17.5 Å². The third-order valence-corrected chi connectivity index (χ3v) is 4.78. The van der Waals surface area contributed by atoms with Crippen LogP contribution in [0.2, 0.25) is 0 Å². The highest BCUT2D eigenvalue weighted by Gasteiger charge is 2.21. The molecule has 0 aliphatic carbocycles. The van der Waals surface area contributed by atoms with Crippen molar-refractivity contribution in [1.82, 2.24) is 0 Å². The number of aryl methyl sites for hydroxylation is 2. The van der Waals surface area contributed by atoms with Gasteiger partial charge < -0.3 is 20.3 Å². The molecule has 0 aliphatic heterocycles. The van der Waals surface area contributed by atoms with Gasteiger partial charge in [0, 0.05) is 6.07 Å². The first kappa shape index (κ1) is 22.8. The van der Waals surface area contributed by atoms with Crippen molar-refractivity contribution in [3.63, 3.8) is 0 Å². The molecule has 0 saturated heterocycles. The van der Waals surface area contributed by atoms with Crippen LogP contribution in [0.5, 0.6) is 5.75 Å². The number of amides is 2. The van der Waals surface area contributed by atoms with E-state index >= 15 is 0 Å². The van der Waals surface area contributed by atoms with Gasteiger partial charge in [-0.2, -0.15) is 0 Å². The quantitative estimate of drug-likeness (QED) is 0.426. The SMILES string of the molecule is CC[NH+](CC(=O)Nc1ccccc1OC)CC(=O)Nc1cc(C)c(C)cc1[N+](=O)[O-].